The Hall–Kier alpha value is -1.62. The van der Waals surface area contributed by atoms with Crippen LogP contribution in [0.1, 0.15) is 36.5 Å². The number of amides is 1. The van der Waals surface area contributed by atoms with E-state index in [1.54, 1.807) is 17.9 Å². The number of aliphatic hydroxyl groups is 1. The molecule has 4 nitrogen and oxygen atoms in total. The van der Waals surface area contributed by atoms with E-state index in [9.17, 15) is 14.3 Å². The van der Waals surface area contributed by atoms with Crippen LogP contribution in [0, 0.1) is 5.82 Å². The molecule has 0 aromatic heterocycles. The number of nitrogens with zero attached hydrogens (tertiary/aromatic N) is 1. The van der Waals surface area contributed by atoms with Gasteiger partial charge in [-0.2, -0.15) is 0 Å². The summed E-state index contributed by atoms with van der Waals surface area (Å²) in [6.07, 6.45) is 1.84. The number of carbonyl (C=O) groups excluding carboxylic acids is 1. The second-order valence-electron chi connectivity index (χ2n) is 5.46. The molecule has 1 aromatic carbocycles. The highest BCUT2D eigenvalue weighted by Gasteiger charge is 2.29. The van der Waals surface area contributed by atoms with Crippen molar-refractivity contribution in [3.8, 4) is 5.75 Å². The molecule has 1 saturated heterocycles. The highest BCUT2D eigenvalue weighted by atomic mass is 19.1. The summed E-state index contributed by atoms with van der Waals surface area (Å²) in [6, 6.07) is 4.34. The lowest BCUT2D eigenvalue weighted by Crippen LogP contribution is -2.34. The summed E-state index contributed by atoms with van der Waals surface area (Å²) >= 11 is 0. The van der Waals surface area contributed by atoms with Crippen LogP contribution in [0.4, 0.5) is 4.39 Å². The maximum atomic E-state index is 13.9. The lowest BCUT2D eigenvalue weighted by molar-refractivity contribution is 0.0437. The second kappa shape index (κ2) is 5.79. The SMILES string of the molecule is COc1cccc(F)c1C(=O)N1CCCC(C)(O)CC1. The first-order valence-electron chi connectivity index (χ1n) is 6.79. The van der Waals surface area contributed by atoms with Crippen LogP contribution in [0.25, 0.3) is 0 Å². The fourth-order valence-electron chi connectivity index (χ4n) is 2.51. The first kappa shape index (κ1) is 14.8. The van der Waals surface area contributed by atoms with Gasteiger partial charge in [-0.25, -0.2) is 4.39 Å². The molecule has 110 valence electrons. The summed E-state index contributed by atoms with van der Waals surface area (Å²) in [5.74, 6) is -0.714. The quantitative estimate of drug-likeness (QED) is 0.904. The predicted molar refractivity (Wildman–Crippen MR) is 73.3 cm³/mol. The summed E-state index contributed by atoms with van der Waals surface area (Å²) in [4.78, 5) is 14.1. The highest BCUT2D eigenvalue weighted by Crippen LogP contribution is 2.26. The fourth-order valence-corrected chi connectivity index (χ4v) is 2.51. The number of halogens is 1. The van der Waals surface area contributed by atoms with Gasteiger partial charge >= 0.3 is 0 Å². The van der Waals surface area contributed by atoms with Gasteiger partial charge in [-0.3, -0.25) is 4.79 Å². The van der Waals surface area contributed by atoms with Crippen LogP contribution < -0.4 is 4.74 Å². The van der Waals surface area contributed by atoms with E-state index in [0.717, 1.165) is 0 Å². The average Bonchev–Trinajstić information content (AvgIpc) is 2.58. The predicted octanol–water partition coefficient (Wildman–Crippen LogP) is 2.21. The Morgan fingerprint density at radius 3 is 2.85 bits per heavy atom. The van der Waals surface area contributed by atoms with E-state index in [1.807, 2.05) is 0 Å². The Morgan fingerprint density at radius 1 is 1.40 bits per heavy atom. The van der Waals surface area contributed by atoms with E-state index in [0.29, 0.717) is 32.4 Å². The molecule has 1 fully saturated rings. The monoisotopic (exact) mass is 281 g/mol. The molecule has 0 bridgehead atoms. The fraction of sp³-hybridized carbons (Fsp3) is 0.533. The zero-order chi connectivity index (χ0) is 14.8. The van der Waals surface area contributed by atoms with Crippen molar-refractivity contribution in [2.24, 2.45) is 0 Å². The minimum Gasteiger partial charge on any atom is -0.496 e. The van der Waals surface area contributed by atoms with Crippen molar-refractivity contribution in [1.29, 1.82) is 0 Å². The molecule has 1 atom stereocenters. The third-order valence-corrected chi connectivity index (χ3v) is 3.76. The Bertz CT molecular complexity index is 502. The van der Waals surface area contributed by atoms with Crippen LogP contribution >= 0.6 is 0 Å². The van der Waals surface area contributed by atoms with Gasteiger partial charge in [0.25, 0.3) is 5.91 Å². The van der Waals surface area contributed by atoms with Crippen molar-refractivity contribution < 1.29 is 19.0 Å². The third-order valence-electron chi connectivity index (χ3n) is 3.76. The van der Waals surface area contributed by atoms with Crippen LogP contribution in [0.5, 0.6) is 5.75 Å². The molecule has 1 aliphatic rings. The average molecular weight is 281 g/mol. The molecular weight excluding hydrogens is 261 g/mol. The van der Waals surface area contributed by atoms with Crippen molar-refractivity contribution in [3.05, 3.63) is 29.6 Å². The van der Waals surface area contributed by atoms with Crippen molar-refractivity contribution >= 4 is 5.91 Å². The molecule has 5 heteroatoms. The number of carbonyl (C=O) groups is 1. The van der Waals surface area contributed by atoms with E-state index in [4.69, 9.17) is 4.74 Å². The van der Waals surface area contributed by atoms with Gasteiger partial charge in [0.15, 0.2) is 0 Å². The molecule has 0 aliphatic carbocycles. The molecule has 1 aromatic rings. The number of benzene rings is 1. The summed E-state index contributed by atoms with van der Waals surface area (Å²) in [5.41, 5.74) is -0.787. The zero-order valence-corrected chi connectivity index (χ0v) is 11.9. The molecule has 20 heavy (non-hydrogen) atoms. The smallest absolute Gasteiger partial charge is 0.260 e. The molecular formula is C15H20FNO3. The molecule has 1 heterocycles. The topological polar surface area (TPSA) is 49.8 Å². The van der Waals surface area contributed by atoms with Crippen LogP contribution in [0.2, 0.25) is 0 Å². The molecule has 0 saturated carbocycles. The first-order chi connectivity index (χ1) is 9.44. The largest absolute Gasteiger partial charge is 0.496 e. The lowest BCUT2D eigenvalue weighted by atomic mass is 9.98. The summed E-state index contributed by atoms with van der Waals surface area (Å²) in [6.45, 7) is 2.71. The second-order valence-corrected chi connectivity index (χ2v) is 5.46. The van der Waals surface area contributed by atoms with Crippen molar-refractivity contribution in [3.63, 3.8) is 0 Å². The number of likely N-dealkylation sites (tertiary alicyclic amines) is 1. The van der Waals surface area contributed by atoms with Gasteiger partial charge in [0.05, 0.1) is 12.7 Å². The van der Waals surface area contributed by atoms with Crippen LogP contribution in [-0.4, -0.2) is 41.7 Å². The maximum Gasteiger partial charge on any atom is 0.260 e. The van der Waals surface area contributed by atoms with Crippen LogP contribution in [-0.2, 0) is 0 Å². The van der Waals surface area contributed by atoms with Crippen molar-refractivity contribution in [2.45, 2.75) is 31.8 Å². The summed E-state index contributed by atoms with van der Waals surface area (Å²) < 4.78 is 19.0. The van der Waals surface area contributed by atoms with Gasteiger partial charge in [-0.05, 0) is 38.3 Å². The Balaban J connectivity index is 2.23. The summed E-state index contributed by atoms with van der Waals surface area (Å²) in [5, 5.41) is 10.0. The molecule has 2 rings (SSSR count). The first-order valence-corrected chi connectivity index (χ1v) is 6.79. The molecule has 1 aliphatic heterocycles. The minimum atomic E-state index is -0.756. The van der Waals surface area contributed by atoms with E-state index >= 15 is 0 Å². The number of rotatable bonds is 2. The van der Waals surface area contributed by atoms with Gasteiger partial charge in [0.2, 0.25) is 0 Å². The van der Waals surface area contributed by atoms with Gasteiger partial charge < -0.3 is 14.7 Å². The minimum absolute atomic E-state index is 0.0310. The van der Waals surface area contributed by atoms with Crippen molar-refractivity contribution in [2.75, 3.05) is 20.2 Å². The van der Waals surface area contributed by atoms with Crippen LogP contribution in [0.3, 0.4) is 0 Å². The van der Waals surface area contributed by atoms with Gasteiger partial charge in [-0.15, -0.1) is 0 Å². The molecule has 1 N–H and O–H groups in total. The Labute approximate surface area is 118 Å². The number of ether oxygens (including phenoxy) is 1. The Kier molecular flexibility index (Phi) is 4.28. The Morgan fingerprint density at radius 2 is 2.15 bits per heavy atom. The summed E-state index contributed by atoms with van der Waals surface area (Å²) in [7, 11) is 1.42. The standard InChI is InChI=1S/C15H20FNO3/c1-15(19)7-4-9-17(10-8-15)14(18)13-11(16)5-3-6-12(13)20-2/h3,5-6,19H,4,7-10H2,1-2H3. The lowest BCUT2D eigenvalue weighted by Gasteiger charge is -2.23. The number of hydrogen-bond donors (Lipinski definition) is 1. The van der Waals surface area contributed by atoms with E-state index in [2.05, 4.69) is 0 Å². The van der Waals surface area contributed by atoms with E-state index in [1.165, 1.54) is 19.2 Å². The molecule has 0 spiro atoms. The van der Waals surface area contributed by atoms with E-state index in [-0.39, 0.29) is 17.2 Å². The van der Waals surface area contributed by atoms with Gasteiger partial charge in [-0.1, -0.05) is 6.07 Å². The number of methoxy groups -OCH3 is 1. The highest BCUT2D eigenvalue weighted by molar-refractivity contribution is 5.97. The number of hydrogen-bond acceptors (Lipinski definition) is 3. The van der Waals surface area contributed by atoms with Crippen molar-refractivity contribution in [1.82, 2.24) is 4.90 Å². The van der Waals surface area contributed by atoms with Crippen LogP contribution in [0.15, 0.2) is 18.2 Å². The van der Waals surface area contributed by atoms with E-state index < -0.39 is 11.4 Å². The molecule has 0 radical (unpaired) electrons. The third kappa shape index (κ3) is 3.10. The molecule has 1 unspecified atom stereocenters. The van der Waals surface area contributed by atoms with Gasteiger partial charge in [0.1, 0.15) is 17.1 Å². The normalized spacial score (nSPS) is 23.3. The maximum absolute atomic E-state index is 13.9. The molecule has 1 amide bonds. The van der Waals surface area contributed by atoms with Gasteiger partial charge in [0, 0.05) is 13.1 Å². The zero-order valence-electron chi connectivity index (χ0n) is 11.9.